The lowest BCUT2D eigenvalue weighted by molar-refractivity contribution is -0.127. The minimum Gasteiger partial charge on any atom is -0.393 e. The van der Waals surface area contributed by atoms with E-state index in [1.54, 1.807) is 25.1 Å². The largest absolute Gasteiger partial charge is 0.393 e. The highest BCUT2D eigenvalue weighted by atomic mass is 32.2. The van der Waals surface area contributed by atoms with E-state index in [9.17, 15) is 18.3 Å². The highest BCUT2D eigenvalue weighted by molar-refractivity contribution is 7.89. The van der Waals surface area contributed by atoms with Crippen molar-refractivity contribution < 1.29 is 18.3 Å². The number of rotatable bonds is 4. The Hall–Kier alpha value is -1.44. The lowest BCUT2D eigenvalue weighted by Gasteiger charge is -2.33. The molecule has 6 nitrogen and oxygen atoms in total. The van der Waals surface area contributed by atoms with Gasteiger partial charge in [0.2, 0.25) is 15.9 Å². The van der Waals surface area contributed by atoms with Crippen molar-refractivity contribution in [1.29, 1.82) is 0 Å². The molecule has 7 heteroatoms. The van der Waals surface area contributed by atoms with Crippen LogP contribution in [0, 0.1) is 12.8 Å². The van der Waals surface area contributed by atoms with Crippen molar-refractivity contribution in [1.82, 2.24) is 9.62 Å². The molecule has 1 aromatic carbocycles. The van der Waals surface area contributed by atoms with Crippen molar-refractivity contribution in [2.45, 2.75) is 62.5 Å². The van der Waals surface area contributed by atoms with E-state index in [4.69, 9.17) is 0 Å². The third kappa shape index (κ3) is 4.27. The Labute approximate surface area is 155 Å². The summed E-state index contributed by atoms with van der Waals surface area (Å²) in [5.74, 6) is -0.370. The van der Waals surface area contributed by atoms with Gasteiger partial charge in [-0.05, 0) is 57.1 Å². The number of aliphatic hydroxyl groups excluding tert-OH is 1. The number of carbonyl (C=O) groups is 1. The SMILES string of the molecule is Cc1ccccc1S(=O)(=O)N1CCC[C@H](C(=O)N[C@H]2CC[C@H](O)CC2)C1. The van der Waals surface area contributed by atoms with Crippen molar-refractivity contribution in [2.75, 3.05) is 13.1 Å². The second kappa shape index (κ2) is 8.06. The van der Waals surface area contributed by atoms with Crippen molar-refractivity contribution in [3.8, 4) is 0 Å². The molecule has 1 saturated heterocycles. The molecule has 1 aliphatic carbocycles. The molecule has 0 radical (unpaired) electrons. The maximum absolute atomic E-state index is 13.0. The third-order valence-electron chi connectivity index (χ3n) is 5.51. The van der Waals surface area contributed by atoms with Crippen LogP contribution in [-0.2, 0) is 14.8 Å². The fourth-order valence-corrected chi connectivity index (χ4v) is 5.65. The van der Waals surface area contributed by atoms with Crippen LogP contribution in [0.2, 0.25) is 0 Å². The van der Waals surface area contributed by atoms with Gasteiger partial charge in [-0.25, -0.2) is 8.42 Å². The number of aryl methyl sites for hydroxylation is 1. The molecule has 0 spiro atoms. The van der Waals surface area contributed by atoms with E-state index >= 15 is 0 Å². The molecular weight excluding hydrogens is 352 g/mol. The van der Waals surface area contributed by atoms with E-state index in [-0.39, 0.29) is 30.5 Å². The number of nitrogens with one attached hydrogen (secondary N) is 1. The van der Waals surface area contributed by atoms with Gasteiger partial charge in [0.1, 0.15) is 0 Å². The molecule has 1 atom stereocenters. The second-order valence-electron chi connectivity index (χ2n) is 7.48. The number of benzene rings is 1. The van der Waals surface area contributed by atoms with Crippen LogP contribution >= 0.6 is 0 Å². The highest BCUT2D eigenvalue weighted by Gasteiger charge is 2.34. The monoisotopic (exact) mass is 380 g/mol. The fourth-order valence-electron chi connectivity index (χ4n) is 3.90. The maximum atomic E-state index is 13.0. The highest BCUT2D eigenvalue weighted by Crippen LogP contribution is 2.26. The minimum atomic E-state index is -3.58. The maximum Gasteiger partial charge on any atom is 0.243 e. The van der Waals surface area contributed by atoms with Gasteiger partial charge in [-0.2, -0.15) is 4.31 Å². The van der Waals surface area contributed by atoms with Gasteiger partial charge in [0.15, 0.2) is 0 Å². The third-order valence-corrected chi connectivity index (χ3v) is 7.53. The molecule has 2 fully saturated rings. The van der Waals surface area contributed by atoms with Gasteiger partial charge in [-0.3, -0.25) is 4.79 Å². The summed E-state index contributed by atoms with van der Waals surface area (Å²) in [5, 5.41) is 12.6. The van der Waals surface area contributed by atoms with Gasteiger partial charge in [0.05, 0.1) is 16.9 Å². The van der Waals surface area contributed by atoms with Crippen LogP contribution in [0.1, 0.15) is 44.1 Å². The molecule has 1 aliphatic heterocycles. The summed E-state index contributed by atoms with van der Waals surface area (Å²) in [7, 11) is -3.58. The Balaban J connectivity index is 1.65. The molecule has 2 aliphatic rings. The number of sulfonamides is 1. The Morgan fingerprint density at radius 2 is 1.85 bits per heavy atom. The summed E-state index contributed by atoms with van der Waals surface area (Å²) in [5.41, 5.74) is 0.722. The first-order valence-electron chi connectivity index (χ1n) is 9.42. The average molecular weight is 381 g/mol. The van der Waals surface area contributed by atoms with Crippen molar-refractivity contribution >= 4 is 15.9 Å². The number of amides is 1. The summed E-state index contributed by atoms with van der Waals surface area (Å²) in [6.45, 7) is 2.48. The Kier molecular flexibility index (Phi) is 5.99. The van der Waals surface area contributed by atoms with Crippen LogP contribution in [0.15, 0.2) is 29.2 Å². The average Bonchev–Trinajstić information content (AvgIpc) is 2.64. The zero-order valence-corrected chi connectivity index (χ0v) is 16.0. The molecule has 144 valence electrons. The van der Waals surface area contributed by atoms with E-state index in [1.807, 2.05) is 6.07 Å². The minimum absolute atomic E-state index is 0.0592. The lowest BCUT2D eigenvalue weighted by Crippen LogP contribution is -2.48. The first kappa shape index (κ1) is 19.3. The lowest BCUT2D eigenvalue weighted by atomic mass is 9.92. The predicted octanol–water partition coefficient (Wildman–Crippen LogP) is 1.82. The molecule has 0 unspecified atom stereocenters. The Morgan fingerprint density at radius 3 is 2.54 bits per heavy atom. The molecule has 3 rings (SSSR count). The summed E-state index contributed by atoms with van der Waals surface area (Å²) in [4.78, 5) is 13.0. The van der Waals surface area contributed by atoms with Crippen LogP contribution < -0.4 is 5.32 Å². The molecule has 0 aromatic heterocycles. The number of nitrogens with zero attached hydrogens (tertiary/aromatic N) is 1. The quantitative estimate of drug-likeness (QED) is 0.834. The fraction of sp³-hybridized carbons (Fsp3) is 0.632. The molecule has 1 aromatic rings. The first-order chi connectivity index (χ1) is 12.4. The van der Waals surface area contributed by atoms with E-state index in [2.05, 4.69) is 5.32 Å². The molecule has 1 amide bonds. The number of piperidine rings is 1. The van der Waals surface area contributed by atoms with Gasteiger partial charge in [-0.1, -0.05) is 18.2 Å². The topological polar surface area (TPSA) is 86.7 Å². The number of carbonyl (C=O) groups excluding carboxylic acids is 1. The number of hydrogen-bond donors (Lipinski definition) is 2. The normalized spacial score (nSPS) is 27.8. The standard InChI is InChI=1S/C19H28N2O4S/c1-14-5-2-3-7-18(14)26(24,25)21-12-4-6-15(13-21)19(23)20-16-8-10-17(22)11-9-16/h2-3,5,7,15-17,22H,4,6,8-13H2,1H3,(H,20,23)/t15-,16-,17-/m0/s1. The van der Waals surface area contributed by atoms with Crippen molar-refractivity contribution in [2.24, 2.45) is 5.92 Å². The van der Waals surface area contributed by atoms with Gasteiger partial charge >= 0.3 is 0 Å². The van der Waals surface area contributed by atoms with Crippen LogP contribution in [0.25, 0.3) is 0 Å². The molecule has 2 N–H and O–H groups in total. The Morgan fingerprint density at radius 1 is 1.15 bits per heavy atom. The molecule has 0 bridgehead atoms. The van der Waals surface area contributed by atoms with Crippen molar-refractivity contribution in [3.05, 3.63) is 29.8 Å². The zero-order chi connectivity index (χ0) is 18.7. The summed E-state index contributed by atoms with van der Waals surface area (Å²) >= 11 is 0. The van der Waals surface area contributed by atoms with Gasteiger partial charge < -0.3 is 10.4 Å². The van der Waals surface area contributed by atoms with Crippen LogP contribution in [0.5, 0.6) is 0 Å². The molecule has 1 saturated carbocycles. The van der Waals surface area contributed by atoms with Crippen molar-refractivity contribution in [3.63, 3.8) is 0 Å². The molecule has 26 heavy (non-hydrogen) atoms. The number of hydrogen-bond acceptors (Lipinski definition) is 4. The second-order valence-corrected chi connectivity index (χ2v) is 9.39. The smallest absolute Gasteiger partial charge is 0.243 e. The van der Waals surface area contributed by atoms with E-state index in [0.29, 0.717) is 37.1 Å². The first-order valence-corrected chi connectivity index (χ1v) is 10.9. The zero-order valence-electron chi connectivity index (χ0n) is 15.2. The van der Waals surface area contributed by atoms with E-state index in [1.165, 1.54) is 4.31 Å². The summed E-state index contributed by atoms with van der Waals surface area (Å²) < 4.78 is 27.4. The van der Waals surface area contributed by atoms with Gasteiger partial charge in [0.25, 0.3) is 0 Å². The Bertz CT molecular complexity index is 742. The summed E-state index contributed by atoms with van der Waals surface area (Å²) in [6.07, 6.45) is 4.13. The molecule has 1 heterocycles. The predicted molar refractivity (Wildman–Crippen MR) is 99.1 cm³/mol. The van der Waals surface area contributed by atoms with Crippen LogP contribution in [0.4, 0.5) is 0 Å². The van der Waals surface area contributed by atoms with Crippen LogP contribution in [0.3, 0.4) is 0 Å². The van der Waals surface area contributed by atoms with Gasteiger partial charge in [-0.15, -0.1) is 0 Å². The molecular formula is C19H28N2O4S. The summed E-state index contributed by atoms with van der Waals surface area (Å²) in [6, 6.07) is 7.06. The van der Waals surface area contributed by atoms with Crippen LogP contribution in [-0.4, -0.2) is 49.0 Å². The van der Waals surface area contributed by atoms with Gasteiger partial charge in [0, 0.05) is 19.1 Å². The van der Waals surface area contributed by atoms with E-state index in [0.717, 1.165) is 18.4 Å². The number of aliphatic hydroxyl groups is 1. The van der Waals surface area contributed by atoms with E-state index < -0.39 is 10.0 Å².